The lowest BCUT2D eigenvalue weighted by molar-refractivity contribution is -0.122. The summed E-state index contributed by atoms with van der Waals surface area (Å²) in [5.74, 6) is -0.202. The van der Waals surface area contributed by atoms with Crippen molar-refractivity contribution in [3.8, 4) is 0 Å². The molecule has 3 aliphatic rings. The Morgan fingerprint density at radius 1 is 1.17 bits per heavy atom. The van der Waals surface area contributed by atoms with Crippen molar-refractivity contribution >= 4 is 23.4 Å². The number of hydrogen-bond donors (Lipinski definition) is 1. The second-order valence-corrected chi connectivity index (χ2v) is 9.33. The van der Waals surface area contributed by atoms with Crippen molar-refractivity contribution in [2.75, 3.05) is 49.2 Å². The first-order valence-electron chi connectivity index (χ1n) is 12.3. The fourth-order valence-electron chi connectivity index (χ4n) is 4.97. The number of carbonyl (C=O) groups excluding carboxylic acids is 2. The maximum atomic E-state index is 14.8. The van der Waals surface area contributed by atoms with Crippen molar-refractivity contribution in [3.05, 3.63) is 35.9 Å². The Kier molecular flexibility index (Phi) is 7.12. The molecule has 188 valence electrons. The Bertz CT molecular complexity index is 1050. The normalized spacial score (nSPS) is 21.3. The third-order valence-corrected chi connectivity index (χ3v) is 6.88. The van der Waals surface area contributed by atoms with E-state index in [1.807, 2.05) is 11.1 Å². The summed E-state index contributed by atoms with van der Waals surface area (Å²) in [5.41, 5.74) is 1.87. The summed E-state index contributed by atoms with van der Waals surface area (Å²) in [7, 11) is 0. The van der Waals surface area contributed by atoms with Crippen molar-refractivity contribution in [1.82, 2.24) is 20.3 Å². The number of amides is 2. The maximum absolute atomic E-state index is 14.8. The zero-order valence-electron chi connectivity index (χ0n) is 19.7. The minimum Gasteiger partial charge on any atom is -0.442 e. The average molecular weight is 487 g/mol. The lowest BCUT2D eigenvalue weighted by Crippen LogP contribution is -2.37. The Hall–Kier alpha value is -3.21. The minimum atomic E-state index is -0.559. The second kappa shape index (κ2) is 10.6. The Labute approximate surface area is 203 Å². The number of cyclic esters (lactones) is 1. The molecule has 0 radical (unpaired) electrons. The van der Waals surface area contributed by atoms with Gasteiger partial charge in [0.25, 0.3) is 0 Å². The highest BCUT2D eigenvalue weighted by molar-refractivity contribution is 5.90. The molecular formula is C24H31FN6O4. The number of benzene rings is 1. The van der Waals surface area contributed by atoms with Crippen LogP contribution in [0.3, 0.4) is 0 Å². The van der Waals surface area contributed by atoms with Gasteiger partial charge in [0.2, 0.25) is 5.91 Å². The smallest absolute Gasteiger partial charge is 0.414 e. The number of nitrogens with zero attached hydrogens (tertiary/aromatic N) is 5. The van der Waals surface area contributed by atoms with Crippen LogP contribution < -0.4 is 15.1 Å². The molecule has 5 rings (SSSR count). The molecule has 3 fully saturated rings. The van der Waals surface area contributed by atoms with Crippen molar-refractivity contribution in [2.24, 2.45) is 0 Å². The summed E-state index contributed by atoms with van der Waals surface area (Å²) in [6.45, 7) is 2.82. The van der Waals surface area contributed by atoms with E-state index in [2.05, 4.69) is 15.6 Å². The van der Waals surface area contributed by atoms with E-state index in [1.54, 1.807) is 16.8 Å². The molecule has 1 aliphatic carbocycles. The third-order valence-electron chi connectivity index (χ3n) is 6.88. The molecule has 2 saturated heterocycles. The summed E-state index contributed by atoms with van der Waals surface area (Å²) in [6.07, 6.45) is 6.69. The summed E-state index contributed by atoms with van der Waals surface area (Å²) >= 11 is 0. The molecule has 2 aliphatic heterocycles. The fraction of sp³-hybridized carbons (Fsp3) is 0.583. The van der Waals surface area contributed by atoms with Crippen LogP contribution in [-0.2, 0) is 20.8 Å². The van der Waals surface area contributed by atoms with Gasteiger partial charge in [0.05, 0.1) is 43.4 Å². The van der Waals surface area contributed by atoms with Gasteiger partial charge < -0.3 is 19.7 Å². The lowest BCUT2D eigenvalue weighted by Gasteiger charge is -2.29. The molecule has 1 N–H and O–H groups in total. The molecule has 2 amide bonds. The van der Waals surface area contributed by atoms with Gasteiger partial charge in [0.1, 0.15) is 18.5 Å². The summed E-state index contributed by atoms with van der Waals surface area (Å²) in [4.78, 5) is 28.1. The summed E-state index contributed by atoms with van der Waals surface area (Å²) < 4.78 is 27.0. The first-order chi connectivity index (χ1) is 17.1. The Morgan fingerprint density at radius 3 is 2.74 bits per heavy atom. The van der Waals surface area contributed by atoms with E-state index in [9.17, 15) is 14.0 Å². The topological polar surface area (TPSA) is 102 Å². The van der Waals surface area contributed by atoms with Crippen LogP contribution in [0, 0.1) is 5.82 Å². The van der Waals surface area contributed by atoms with Crippen molar-refractivity contribution in [2.45, 2.75) is 50.7 Å². The summed E-state index contributed by atoms with van der Waals surface area (Å²) in [6, 6.07) is 4.74. The number of hydrogen-bond acceptors (Lipinski definition) is 7. The van der Waals surface area contributed by atoms with Gasteiger partial charge in [0.15, 0.2) is 0 Å². The predicted octanol–water partition coefficient (Wildman–Crippen LogP) is 2.44. The third kappa shape index (κ3) is 5.55. The van der Waals surface area contributed by atoms with E-state index in [0.29, 0.717) is 43.6 Å². The molecular weight excluding hydrogens is 455 g/mol. The Morgan fingerprint density at radius 2 is 1.97 bits per heavy atom. The molecule has 11 heteroatoms. The van der Waals surface area contributed by atoms with E-state index >= 15 is 0 Å². The molecule has 3 heterocycles. The highest BCUT2D eigenvalue weighted by atomic mass is 19.1. The molecule has 1 aromatic heterocycles. The molecule has 1 saturated carbocycles. The van der Waals surface area contributed by atoms with Crippen molar-refractivity contribution in [1.29, 1.82) is 0 Å². The number of nitrogens with one attached hydrogen (secondary N) is 1. The maximum Gasteiger partial charge on any atom is 0.414 e. The van der Waals surface area contributed by atoms with Crippen LogP contribution in [0.15, 0.2) is 24.4 Å². The minimum absolute atomic E-state index is 0.0539. The van der Waals surface area contributed by atoms with E-state index in [4.69, 9.17) is 9.47 Å². The monoisotopic (exact) mass is 486 g/mol. The van der Waals surface area contributed by atoms with Crippen LogP contribution in [0.25, 0.3) is 0 Å². The number of morpholine rings is 1. The van der Waals surface area contributed by atoms with Crippen molar-refractivity contribution in [3.63, 3.8) is 0 Å². The standard InChI is InChI=1S/C24H31FN6O4/c25-20-12-18(6-7-22(20)29-8-10-34-11-9-29)31-14-19(35-24(31)33)13-26-23(32)16-30-15-21(27-28-30)17-4-2-1-3-5-17/h6-7,12,15,17,19H,1-5,8-11,13-14,16H2,(H,26,32)/t19-/m1/s1. The van der Waals surface area contributed by atoms with E-state index in [-0.39, 0.29) is 25.5 Å². The first kappa shape index (κ1) is 23.5. The zero-order valence-corrected chi connectivity index (χ0v) is 19.7. The van der Waals surface area contributed by atoms with E-state index in [1.165, 1.54) is 30.2 Å². The van der Waals surface area contributed by atoms with Gasteiger partial charge in [-0.1, -0.05) is 24.5 Å². The molecule has 0 spiro atoms. The van der Waals surface area contributed by atoms with E-state index in [0.717, 1.165) is 18.5 Å². The molecule has 2 aromatic rings. The lowest BCUT2D eigenvalue weighted by atomic mass is 9.87. The highest BCUT2D eigenvalue weighted by Crippen LogP contribution is 2.31. The molecule has 10 nitrogen and oxygen atoms in total. The van der Waals surface area contributed by atoms with Crippen LogP contribution in [0.1, 0.15) is 43.7 Å². The number of anilines is 2. The average Bonchev–Trinajstić information content (AvgIpc) is 3.50. The van der Waals surface area contributed by atoms with Crippen LogP contribution in [-0.4, -0.2) is 72.5 Å². The Balaban J connectivity index is 1.12. The number of rotatable bonds is 7. The molecule has 1 atom stereocenters. The summed E-state index contributed by atoms with van der Waals surface area (Å²) in [5, 5.41) is 11.1. The van der Waals surface area contributed by atoms with Gasteiger partial charge in [-0.3, -0.25) is 9.69 Å². The van der Waals surface area contributed by atoms with Gasteiger partial charge in [0, 0.05) is 25.2 Å². The highest BCUT2D eigenvalue weighted by Gasteiger charge is 2.33. The van der Waals surface area contributed by atoms with E-state index < -0.39 is 18.0 Å². The first-order valence-corrected chi connectivity index (χ1v) is 12.3. The van der Waals surface area contributed by atoms with Gasteiger partial charge in [-0.25, -0.2) is 13.9 Å². The van der Waals surface area contributed by atoms with Gasteiger partial charge >= 0.3 is 6.09 Å². The fourth-order valence-corrected chi connectivity index (χ4v) is 4.97. The number of carbonyl (C=O) groups is 2. The molecule has 0 bridgehead atoms. The van der Waals surface area contributed by atoms with Crippen LogP contribution >= 0.6 is 0 Å². The number of ether oxygens (including phenoxy) is 2. The number of halogens is 1. The SMILES string of the molecule is O=C(Cn1cc(C2CCCCC2)nn1)NC[C@@H]1CN(c2ccc(N3CCOCC3)c(F)c2)C(=O)O1. The number of aromatic nitrogens is 3. The van der Waals surface area contributed by atoms with Gasteiger partial charge in [-0.05, 0) is 31.0 Å². The largest absolute Gasteiger partial charge is 0.442 e. The van der Waals surface area contributed by atoms with Crippen LogP contribution in [0.2, 0.25) is 0 Å². The molecule has 35 heavy (non-hydrogen) atoms. The van der Waals surface area contributed by atoms with Crippen LogP contribution in [0.5, 0.6) is 0 Å². The quantitative estimate of drug-likeness (QED) is 0.641. The molecule has 0 unspecified atom stereocenters. The second-order valence-electron chi connectivity index (χ2n) is 9.33. The van der Waals surface area contributed by atoms with Gasteiger partial charge in [-0.15, -0.1) is 5.10 Å². The van der Waals surface area contributed by atoms with Gasteiger partial charge in [-0.2, -0.15) is 0 Å². The molecule has 1 aromatic carbocycles. The van der Waals surface area contributed by atoms with Crippen molar-refractivity contribution < 1.29 is 23.5 Å². The van der Waals surface area contributed by atoms with Crippen LogP contribution in [0.4, 0.5) is 20.6 Å². The predicted molar refractivity (Wildman–Crippen MR) is 126 cm³/mol. The zero-order chi connectivity index (χ0) is 24.2.